The Morgan fingerprint density at radius 1 is 1.20 bits per heavy atom. The van der Waals surface area contributed by atoms with Gasteiger partial charge in [0.15, 0.2) is 0 Å². The lowest BCUT2D eigenvalue weighted by atomic mass is 9.79. The van der Waals surface area contributed by atoms with Crippen molar-refractivity contribution in [1.82, 2.24) is 4.90 Å². The van der Waals surface area contributed by atoms with Crippen molar-refractivity contribution in [1.29, 1.82) is 0 Å². The van der Waals surface area contributed by atoms with Crippen LogP contribution in [-0.2, 0) is 0 Å². The molecule has 2 saturated heterocycles. The zero-order valence-electron chi connectivity index (χ0n) is 13.4. The van der Waals surface area contributed by atoms with Crippen LogP contribution in [-0.4, -0.2) is 23.5 Å². The highest BCUT2D eigenvalue weighted by atomic mass is 15.2. The lowest BCUT2D eigenvalue weighted by Crippen LogP contribution is -2.50. The van der Waals surface area contributed by atoms with E-state index in [2.05, 4.69) is 36.8 Å². The zero-order chi connectivity index (χ0) is 14.4. The van der Waals surface area contributed by atoms with Gasteiger partial charge in [0, 0.05) is 18.5 Å². The number of allylic oxidation sites excluding steroid dienone is 2. The topological polar surface area (TPSA) is 3.24 Å². The number of unbranched alkanes of at least 4 members (excludes halogenated alkanes) is 2. The fourth-order valence-corrected chi connectivity index (χ4v) is 4.36. The van der Waals surface area contributed by atoms with E-state index in [4.69, 9.17) is 6.42 Å². The summed E-state index contributed by atoms with van der Waals surface area (Å²) in [4.78, 5) is 2.85. The molecule has 2 fully saturated rings. The van der Waals surface area contributed by atoms with Crippen molar-refractivity contribution in [2.75, 3.05) is 6.54 Å². The maximum Gasteiger partial charge on any atom is 0.0124 e. The predicted molar refractivity (Wildman–Crippen MR) is 87.5 cm³/mol. The predicted octanol–water partition coefficient (Wildman–Crippen LogP) is 4.64. The molecule has 0 aromatic rings. The first-order chi connectivity index (χ1) is 9.74. The van der Waals surface area contributed by atoms with Crippen LogP contribution in [0, 0.1) is 24.2 Å². The van der Waals surface area contributed by atoms with Crippen molar-refractivity contribution < 1.29 is 0 Å². The number of nitrogens with zero attached hydrogens (tertiary/aromatic N) is 1. The van der Waals surface area contributed by atoms with Crippen molar-refractivity contribution in [2.24, 2.45) is 11.8 Å². The second kappa shape index (κ2) is 7.89. The molecular weight excluding hydrogens is 242 g/mol. The van der Waals surface area contributed by atoms with E-state index >= 15 is 0 Å². The summed E-state index contributed by atoms with van der Waals surface area (Å²) in [7, 11) is 0. The number of hydrogen-bond acceptors (Lipinski definition) is 1. The fourth-order valence-electron chi connectivity index (χ4n) is 4.36. The van der Waals surface area contributed by atoms with E-state index in [-0.39, 0.29) is 0 Å². The Kier molecular flexibility index (Phi) is 6.17. The highest BCUT2D eigenvalue weighted by Gasteiger charge is 2.40. The molecule has 2 aliphatic heterocycles. The summed E-state index contributed by atoms with van der Waals surface area (Å²) in [6.45, 7) is 6.28. The van der Waals surface area contributed by atoms with Crippen LogP contribution in [0.25, 0.3) is 0 Å². The van der Waals surface area contributed by atoms with Gasteiger partial charge >= 0.3 is 0 Å². The summed E-state index contributed by atoms with van der Waals surface area (Å²) in [5, 5.41) is 0. The zero-order valence-corrected chi connectivity index (χ0v) is 13.4. The van der Waals surface area contributed by atoms with E-state index in [0.717, 1.165) is 36.8 Å². The standard InChI is InChI=1S/C19H31N/c1-4-5-6-7-8-9-10-12-18-16(2)15-17(3)19-13-11-14-20(18)19/h1,7-8,16-19H,5-6,9-15H2,2-3H3/b8-7-. The Balaban J connectivity index is 1.74. The second-order valence-electron chi connectivity index (χ2n) is 6.85. The van der Waals surface area contributed by atoms with E-state index in [9.17, 15) is 0 Å². The summed E-state index contributed by atoms with van der Waals surface area (Å²) < 4.78 is 0. The van der Waals surface area contributed by atoms with Gasteiger partial charge in [-0.25, -0.2) is 0 Å². The van der Waals surface area contributed by atoms with Crippen molar-refractivity contribution in [3.05, 3.63) is 12.2 Å². The van der Waals surface area contributed by atoms with Crippen LogP contribution in [0.15, 0.2) is 12.2 Å². The molecule has 4 atom stereocenters. The molecule has 2 rings (SSSR count). The molecule has 0 spiro atoms. The van der Waals surface area contributed by atoms with Crippen molar-refractivity contribution in [3.63, 3.8) is 0 Å². The van der Waals surface area contributed by atoms with E-state index in [0.29, 0.717) is 0 Å². The van der Waals surface area contributed by atoms with Crippen LogP contribution < -0.4 is 0 Å². The lowest BCUT2D eigenvalue weighted by Gasteiger charge is -2.45. The molecule has 0 bridgehead atoms. The molecule has 2 heterocycles. The third-order valence-electron chi connectivity index (χ3n) is 5.32. The van der Waals surface area contributed by atoms with Gasteiger partial charge in [-0.1, -0.05) is 26.0 Å². The molecule has 0 aromatic heterocycles. The van der Waals surface area contributed by atoms with Gasteiger partial charge < -0.3 is 0 Å². The fraction of sp³-hybridized carbons (Fsp3) is 0.789. The van der Waals surface area contributed by atoms with Crippen molar-refractivity contribution in [3.8, 4) is 12.3 Å². The molecule has 0 aliphatic carbocycles. The van der Waals surface area contributed by atoms with Crippen LogP contribution in [0.3, 0.4) is 0 Å². The maximum atomic E-state index is 5.25. The second-order valence-corrected chi connectivity index (χ2v) is 6.85. The third kappa shape index (κ3) is 3.89. The first kappa shape index (κ1) is 15.6. The monoisotopic (exact) mass is 273 g/mol. The van der Waals surface area contributed by atoms with Gasteiger partial charge in [0.25, 0.3) is 0 Å². The summed E-state index contributed by atoms with van der Waals surface area (Å²) in [6, 6.07) is 1.74. The van der Waals surface area contributed by atoms with Crippen molar-refractivity contribution >= 4 is 0 Å². The van der Waals surface area contributed by atoms with Crippen LogP contribution in [0.5, 0.6) is 0 Å². The molecule has 0 saturated carbocycles. The Morgan fingerprint density at radius 2 is 2.00 bits per heavy atom. The first-order valence-electron chi connectivity index (χ1n) is 8.58. The van der Waals surface area contributed by atoms with Crippen LogP contribution in [0.1, 0.15) is 65.2 Å². The Morgan fingerprint density at radius 3 is 2.80 bits per heavy atom. The van der Waals surface area contributed by atoms with Crippen LogP contribution in [0.4, 0.5) is 0 Å². The number of hydrogen-bond donors (Lipinski definition) is 0. The van der Waals surface area contributed by atoms with Gasteiger partial charge in [-0.15, -0.1) is 12.3 Å². The summed E-state index contributed by atoms with van der Waals surface area (Å²) in [5.41, 5.74) is 0. The molecule has 1 heteroatoms. The molecule has 2 aliphatic rings. The van der Waals surface area contributed by atoms with Gasteiger partial charge in [-0.3, -0.25) is 4.90 Å². The largest absolute Gasteiger partial charge is 0.297 e. The minimum Gasteiger partial charge on any atom is -0.297 e. The molecule has 112 valence electrons. The normalized spacial score (nSPS) is 34.2. The minimum atomic E-state index is 0.845. The number of fused-ring (bicyclic) bond motifs is 1. The average Bonchev–Trinajstić information content (AvgIpc) is 2.90. The van der Waals surface area contributed by atoms with Crippen LogP contribution in [0.2, 0.25) is 0 Å². The van der Waals surface area contributed by atoms with E-state index in [1.807, 2.05) is 0 Å². The Labute approximate surface area is 125 Å². The molecule has 0 amide bonds. The van der Waals surface area contributed by atoms with Gasteiger partial charge in [0.2, 0.25) is 0 Å². The summed E-state index contributed by atoms with van der Waals surface area (Å²) in [6.07, 6.45) is 20.0. The summed E-state index contributed by atoms with van der Waals surface area (Å²) in [5.74, 6) is 4.48. The maximum absolute atomic E-state index is 5.25. The SMILES string of the molecule is C#CCC/C=C\CCCC1C(C)CC(C)C2CCCN12. The van der Waals surface area contributed by atoms with Gasteiger partial charge in [0.1, 0.15) is 0 Å². The average molecular weight is 273 g/mol. The van der Waals surface area contributed by atoms with Gasteiger partial charge in [0.05, 0.1) is 0 Å². The highest BCUT2D eigenvalue weighted by molar-refractivity contribution is 4.96. The quantitative estimate of drug-likeness (QED) is 0.387. The number of piperidine rings is 1. The number of rotatable bonds is 6. The molecule has 0 radical (unpaired) electrons. The first-order valence-corrected chi connectivity index (χ1v) is 8.58. The molecule has 20 heavy (non-hydrogen) atoms. The lowest BCUT2D eigenvalue weighted by molar-refractivity contribution is 0.0349. The third-order valence-corrected chi connectivity index (χ3v) is 5.32. The molecule has 0 aromatic carbocycles. The Bertz CT molecular complexity index is 351. The molecule has 1 nitrogen and oxygen atoms in total. The molecule has 0 N–H and O–H groups in total. The van der Waals surface area contributed by atoms with Gasteiger partial charge in [-0.2, -0.15) is 0 Å². The minimum absolute atomic E-state index is 0.845. The van der Waals surface area contributed by atoms with E-state index in [1.54, 1.807) is 0 Å². The highest BCUT2D eigenvalue weighted by Crippen LogP contribution is 2.39. The van der Waals surface area contributed by atoms with Crippen molar-refractivity contribution in [2.45, 2.75) is 77.3 Å². The number of terminal acetylenes is 1. The van der Waals surface area contributed by atoms with E-state index in [1.165, 1.54) is 45.1 Å². The Hall–Kier alpha value is -0.740. The smallest absolute Gasteiger partial charge is 0.0124 e. The van der Waals surface area contributed by atoms with Gasteiger partial charge in [-0.05, 0) is 63.3 Å². The molecular formula is C19H31N. The van der Waals surface area contributed by atoms with Crippen LogP contribution >= 0.6 is 0 Å². The summed E-state index contributed by atoms with van der Waals surface area (Å²) >= 11 is 0. The van der Waals surface area contributed by atoms with E-state index < -0.39 is 0 Å². The molecule has 4 unspecified atom stereocenters.